The van der Waals surface area contributed by atoms with Gasteiger partial charge in [0.15, 0.2) is 0 Å². The Hall–Kier alpha value is -2.58. The number of nitrogens with zero attached hydrogens (tertiary/aromatic N) is 2. The quantitative estimate of drug-likeness (QED) is 0.323. The first-order valence-corrected chi connectivity index (χ1v) is 12.4. The van der Waals surface area contributed by atoms with E-state index in [0.29, 0.717) is 47.8 Å². The number of benzene rings is 2. The van der Waals surface area contributed by atoms with Gasteiger partial charge in [-0.1, -0.05) is 12.1 Å². The molecule has 1 aliphatic rings. The molecule has 4 N–H and O–H groups in total. The van der Waals surface area contributed by atoms with E-state index < -0.39 is 20.2 Å². The smallest absolute Gasteiger partial charge is 0.261 e. The normalized spacial score (nSPS) is 13.5. The van der Waals surface area contributed by atoms with Gasteiger partial charge in [0.05, 0.1) is 18.1 Å². The number of hydrogen-bond acceptors (Lipinski definition) is 8. The predicted octanol–water partition coefficient (Wildman–Crippen LogP) is 0.588. The summed E-state index contributed by atoms with van der Waals surface area (Å²) in [6.07, 6.45) is 1.43. The number of likely N-dealkylation sites (N-methyl/N-ethyl adjacent to an activating group) is 1. The molecule has 2 amide bonds. The van der Waals surface area contributed by atoms with Gasteiger partial charge in [0.25, 0.3) is 32.1 Å². The van der Waals surface area contributed by atoms with E-state index in [-0.39, 0.29) is 11.8 Å². The Labute approximate surface area is 180 Å². The first-order valence-electron chi connectivity index (χ1n) is 8.67. The van der Waals surface area contributed by atoms with Crippen LogP contribution < -0.4 is 5.73 Å². The van der Waals surface area contributed by atoms with Crippen LogP contribution in [0.5, 0.6) is 0 Å². The van der Waals surface area contributed by atoms with Crippen LogP contribution >= 0.6 is 0 Å². The fourth-order valence-corrected chi connectivity index (χ4v) is 2.68. The molecule has 3 rings (SSSR count). The summed E-state index contributed by atoms with van der Waals surface area (Å²) in [5.41, 5.74) is 7.49. The number of hydrogen-bond donors (Lipinski definition) is 3. The van der Waals surface area contributed by atoms with Crippen LogP contribution in [0.1, 0.15) is 20.7 Å². The lowest BCUT2D eigenvalue weighted by Crippen LogP contribution is -2.43. The lowest BCUT2D eigenvalue weighted by Gasteiger charge is -2.28. The maximum Gasteiger partial charge on any atom is 0.261 e. The highest BCUT2D eigenvalue weighted by atomic mass is 32.2. The van der Waals surface area contributed by atoms with Gasteiger partial charge in [0.2, 0.25) is 0 Å². The molecule has 2 aromatic carbocycles. The number of carbonyl (C=O) groups excluding carboxylic acids is 2. The molecule has 1 heterocycles. The van der Waals surface area contributed by atoms with Crippen molar-refractivity contribution in [2.45, 2.75) is 0 Å². The van der Waals surface area contributed by atoms with Crippen molar-refractivity contribution in [3.05, 3.63) is 41.5 Å². The summed E-state index contributed by atoms with van der Waals surface area (Å²) in [6.45, 7) is 1.00. The number of nitrogen functional groups attached to an aromatic ring is 1. The number of rotatable bonds is 3. The van der Waals surface area contributed by atoms with E-state index in [1.54, 1.807) is 18.2 Å². The third-order valence-corrected chi connectivity index (χ3v) is 3.72. The number of amides is 2. The van der Waals surface area contributed by atoms with Gasteiger partial charge in [0, 0.05) is 29.7 Å². The van der Waals surface area contributed by atoms with Crippen molar-refractivity contribution < 1.29 is 35.5 Å². The third-order valence-electron chi connectivity index (χ3n) is 3.72. The lowest BCUT2D eigenvalue weighted by atomic mass is 9.93. The van der Waals surface area contributed by atoms with E-state index in [1.165, 1.54) is 4.90 Å². The van der Waals surface area contributed by atoms with Crippen molar-refractivity contribution in [2.24, 2.45) is 0 Å². The minimum Gasteiger partial charge on any atom is -0.399 e. The Bertz CT molecular complexity index is 1150. The monoisotopic (exact) mass is 475 g/mol. The van der Waals surface area contributed by atoms with Crippen LogP contribution in [0.25, 0.3) is 10.8 Å². The average Bonchev–Trinajstić information content (AvgIpc) is 2.56. The Balaban J connectivity index is 0.000000404. The van der Waals surface area contributed by atoms with E-state index in [0.717, 1.165) is 5.39 Å². The summed E-state index contributed by atoms with van der Waals surface area (Å²) in [5.74, 6) is -0.498. The molecule has 0 fully saturated rings. The number of anilines is 1. The zero-order chi connectivity index (χ0) is 24.1. The lowest BCUT2D eigenvalue weighted by molar-refractivity contribution is 0.0601. The van der Waals surface area contributed by atoms with Crippen molar-refractivity contribution >= 4 is 48.5 Å². The highest BCUT2D eigenvalue weighted by molar-refractivity contribution is 7.85. The molecule has 13 heteroatoms. The van der Waals surface area contributed by atoms with Crippen molar-refractivity contribution in [3.8, 4) is 0 Å². The van der Waals surface area contributed by atoms with E-state index >= 15 is 0 Å². The molecule has 0 aromatic heterocycles. The number of carbonyl (C=O) groups is 2. The second-order valence-corrected chi connectivity index (χ2v) is 9.94. The Morgan fingerprint density at radius 2 is 1.42 bits per heavy atom. The molecule has 0 radical (unpaired) electrons. The van der Waals surface area contributed by atoms with Crippen molar-refractivity contribution in [3.63, 3.8) is 0 Å². The molecule has 0 aliphatic carbocycles. The molecule has 11 nitrogen and oxygen atoms in total. The highest BCUT2D eigenvalue weighted by Gasteiger charge is 2.32. The van der Waals surface area contributed by atoms with Crippen molar-refractivity contribution in [1.82, 2.24) is 9.80 Å². The van der Waals surface area contributed by atoms with Crippen LogP contribution in [0.15, 0.2) is 30.3 Å². The van der Waals surface area contributed by atoms with Gasteiger partial charge in [0.1, 0.15) is 0 Å². The topological polar surface area (TPSA) is 175 Å². The molecule has 0 saturated heterocycles. The maximum absolute atomic E-state index is 12.6. The second kappa shape index (κ2) is 10.2. The van der Waals surface area contributed by atoms with Gasteiger partial charge in [-0.15, -0.1) is 0 Å². The molecule has 0 unspecified atom stereocenters. The Morgan fingerprint density at radius 3 is 1.90 bits per heavy atom. The SMILES string of the molecule is CN(C)CCN1C(=O)c2cccc3cc(N)cc(c23)C1=O.CS(=O)(=O)O.CS(=O)(=O)O. The fourth-order valence-electron chi connectivity index (χ4n) is 2.68. The average molecular weight is 476 g/mol. The largest absolute Gasteiger partial charge is 0.399 e. The highest BCUT2D eigenvalue weighted by Crippen LogP contribution is 2.31. The van der Waals surface area contributed by atoms with Crippen LogP contribution in [0.2, 0.25) is 0 Å². The molecular weight excluding hydrogens is 450 g/mol. The molecule has 0 bridgehead atoms. The van der Waals surface area contributed by atoms with Gasteiger partial charge in [-0.25, -0.2) is 0 Å². The van der Waals surface area contributed by atoms with Crippen LogP contribution in [-0.4, -0.2) is 87.3 Å². The predicted molar refractivity (Wildman–Crippen MR) is 117 cm³/mol. The van der Waals surface area contributed by atoms with E-state index in [1.807, 2.05) is 31.1 Å². The summed E-state index contributed by atoms with van der Waals surface area (Å²) in [7, 11) is -3.52. The van der Waals surface area contributed by atoms with Crippen LogP contribution in [0, 0.1) is 0 Å². The minimum absolute atomic E-state index is 0.232. The Kier molecular flexibility index (Phi) is 8.66. The van der Waals surface area contributed by atoms with E-state index in [2.05, 4.69) is 0 Å². The molecule has 172 valence electrons. The number of imide groups is 1. The molecule has 0 atom stereocenters. The van der Waals surface area contributed by atoms with E-state index in [4.69, 9.17) is 14.8 Å². The van der Waals surface area contributed by atoms with Gasteiger partial charge in [-0.05, 0) is 37.7 Å². The molecule has 31 heavy (non-hydrogen) atoms. The molecule has 1 aliphatic heterocycles. The van der Waals surface area contributed by atoms with Crippen LogP contribution in [-0.2, 0) is 20.2 Å². The summed E-state index contributed by atoms with van der Waals surface area (Å²) >= 11 is 0. The minimum atomic E-state index is -3.67. The first-order chi connectivity index (χ1) is 14.0. The summed E-state index contributed by atoms with van der Waals surface area (Å²) in [5, 5.41) is 1.54. The van der Waals surface area contributed by atoms with Crippen molar-refractivity contribution in [2.75, 3.05) is 45.4 Å². The van der Waals surface area contributed by atoms with E-state index in [9.17, 15) is 26.4 Å². The zero-order valence-corrected chi connectivity index (χ0v) is 19.1. The third kappa shape index (κ3) is 8.98. The Morgan fingerprint density at radius 1 is 0.935 bits per heavy atom. The van der Waals surface area contributed by atoms with Gasteiger partial charge in [-0.2, -0.15) is 16.8 Å². The van der Waals surface area contributed by atoms with Gasteiger partial charge >= 0.3 is 0 Å². The maximum atomic E-state index is 12.6. The van der Waals surface area contributed by atoms with Gasteiger partial charge in [-0.3, -0.25) is 23.6 Å². The fraction of sp³-hybridized carbons (Fsp3) is 0.333. The van der Waals surface area contributed by atoms with Gasteiger partial charge < -0.3 is 10.6 Å². The van der Waals surface area contributed by atoms with Crippen LogP contribution in [0.4, 0.5) is 5.69 Å². The number of nitrogens with two attached hydrogens (primary N) is 1. The first kappa shape index (κ1) is 26.5. The van der Waals surface area contributed by atoms with Crippen LogP contribution in [0.3, 0.4) is 0 Å². The summed E-state index contributed by atoms with van der Waals surface area (Å²) in [4.78, 5) is 28.4. The molecule has 0 spiro atoms. The zero-order valence-electron chi connectivity index (χ0n) is 17.4. The summed E-state index contributed by atoms with van der Waals surface area (Å²) < 4.78 is 51.7. The molecular formula is C18H25N3O8S2. The van der Waals surface area contributed by atoms with Crippen molar-refractivity contribution in [1.29, 1.82) is 0 Å². The molecule has 2 aromatic rings. The summed E-state index contributed by atoms with van der Waals surface area (Å²) in [6, 6.07) is 8.90. The second-order valence-electron chi connectivity index (χ2n) is 7.00. The standard InChI is InChI=1S/C16H17N3O2.2CH4O3S/c1-18(2)6-7-19-15(20)12-5-3-4-10-8-11(17)9-13(14(10)12)16(19)21;2*1-5(2,3)4/h3-5,8-9H,6-7,17H2,1-2H3;2*1H3,(H,2,3,4). The molecule has 0 saturated carbocycles.